The number of phenols is 1. The van der Waals surface area contributed by atoms with E-state index in [1.54, 1.807) is 6.08 Å². The maximum absolute atomic E-state index is 12.2. The average molecular weight is 482 g/mol. The van der Waals surface area contributed by atoms with E-state index in [2.05, 4.69) is 0 Å². The van der Waals surface area contributed by atoms with Crippen molar-refractivity contribution in [3.05, 3.63) is 42.2 Å². The quantitative estimate of drug-likeness (QED) is 0.193. The zero-order valence-electron chi connectivity index (χ0n) is 17.8. The Labute approximate surface area is 193 Å². The summed E-state index contributed by atoms with van der Waals surface area (Å²) >= 11 is 0. The van der Waals surface area contributed by atoms with Crippen LogP contribution in [0.2, 0.25) is 0 Å². The average Bonchev–Trinajstić information content (AvgIpc) is 3.53. The summed E-state index contributed by atoms with van der Waals surface area (Å²) in [5.41, 5.74) is -0.908. The minimum atomic E-state index is -1.68. The van der Waals surface area contributed by atoms with Crippen LogP contribution in [0.4, 0.5) is 0 Å². The number of fused-ring (bicyclic) bond motifs is 3. The Hall–Kier alpha value is -2.29. The summed E-state index contributed by atoms with van der Waals surface area (Å²) in [6.45, 7) is -0.843. The lowest BCUT2D eigenvalue weighted by atomic mass is 9.85. The molecular formula is C22H26O12. The van der Waals surface area contributed by atoms with E-state index >= 15 is 0 Å². The van der Waals surface area contributed by atoms with Crippen molar-refractivity contribution >= 4 is 5.97 Å². The normalized spacial score (nSPS) is 44.6. The van der Waals surface area contributed by atoms with Crippen LogP contribution in [0.5, 0.6) is 5.75 Å². The van der Waals surface area contributed by atoms with E-state index in [1.807, 2.05) is 0 Å². The Balaban J connectivity index is 1.26. The molecule has 0 unspecified atom stereocenters. The molecule has 11 atom stereocenters. The molecule has 0 radical (unpaired) electrons. The molecule has 1 saturated carbocycles. The number of aliphatic hydroxyl groups is 5. The lowest BCUT2D eigenvalue weighted by Crippen LogP contribution is -2.60. The van der Waals surface area contributed by atoms with Gasteiger partial charge in [0, 0.05) is 5.92 Å². The fourth-order valence-corrected chi connectivity index (χ4v) is 5.00. The van der Waals surface area contributed by atoms with E-state index in [1.165, 1.54) is 30.5 Å². The molecule has 4 aliphatic rings. The minimum absolute atomic E-state index is 0.0256. The van der Waals surface area contributed by atoms with Gasteiger partial charge >= 0.3 is 5.97 Å². The standard InChI is InChI=1S/C22H26O12/c23-8-22-13-11(14(25)18(22)34-22)5-6-30-20(13)33-21-17(28)16(27)15(26)12(32-21)7-31-19(29)9-1-3-10(24)4-2-9/h1-6,11-18,20-21,23-28H,7-8H2/t11-,12-,13-,14+,15-,16+,17-,18+,20+,21+,22-/m1/s1. The second kappa shape index (κ2) is 8.73. The van der Waals surface area contributed by atoms with Crippen LogP contribution in [0.15, 0.2) is 36.6 Å². The van der Waals surface area contributed by atoms with E-state index in [0.717, 1.165) is 0 Å². The number of aromatic hydroxyl groups is 1. The van der Waals surface area contributed by atoms with E-state index < -0.39 is 79.2 Å². The van der Waals surface area contributed by atoms with E-state index in [0.29, 0.717) is 0 Å². The molecule has 12 heteroatoms. The number of epoxide rings is 1. The van der Waals surface area contributed by atoms with Crippen LogP contribution >= 0.6 is 0 Å². The lowest BCUT2D eigenvalue weighted by molar-refractivity contribution is -0.344. The van der Waals surface area contributed by atoms with Gasteiger partial charge in [0.25, 0.3) is 0 Å². The number of esters is 1. The van der Waals surface area contributed by atoms with Gasteiger partial charge in [0.05, 0.1) is 30.5 Å². The smallest absolute Gasteiger partial charge is 0.338 e. The summed E-state index contributed by atoms with van der Waals surface area (Å²) in [6, 6.07) is 5.33. The molecule has 2 saturated heterocycles. The van der Waals surface area contributed by atoms with E-state index in [-0.39, 0.29) is 17.9 Å². The maximum atomic E-state index is 12.2. The number of ether oxygens (including phenoxy) is 5. The summed E-state index contributed by atoms with van der Waals surface area (Å²) in [5.74, 6) is -1.82. The lowest BCUT2D eigenvalue weighted by Gasteiger charge is -2.43. The van der Waals surface area contributed by atoms with E-state index in [9.17, 15) is 35.4 Å². The zero-order chi connectivity index (χ0) is 24.2. The van der Waals surface area contributed by atoms with Gasteiger partial charge in [0.1, 0.15) is 48.5 Å². The molecule has 34 heavy (non-hydrogen) atoms. The highest BCUT2D eigenvalue weighted by Crippen LogP contribution is 2.59. The second-order valence-corrected chi connectivity index (χ2v) is 8.87. The molecule has 12 nitrogen and oxygen atoms in total. The van der Waals surface area contributed by atoms with Crippen LogP contribution in [0, 0.1) is 11.8 Å². The van der Waals surface area contributed by atoms with Gasteiger partial charge in [-0.05, 0) is 30.3 Å². The molecule has 1 aromatic carbocycles. The Morgan fingerprint density at radius 3 is 2.44 bits per heavy atom. The Morgan fingerprint density at radius 2 is 1.74 bits per heavy atom. The molecule has 0 bridgehead atoms. The molecule has 0 spiro atoms. The van der Waals surface area contributed by atoms with Crippen LogP contribution in [-0.2, 0) is 23.7 Å². The van der Waals surface area contributed by atoms with Crippen molar-refractivity contribution < 1.29 is 59.1 Å². The number of carbonyl (C=O) groups is 1. The molecule has 0 aromatic heterocycles. The number of rotatable bonds is 6. The minimum Gasteiger partial charge on any atom is -0.508 e. The predicted octanol–water partition coefficient (Wildman–Crippen LogP) is -2.02. The Morgan fingerprint density at radius 1 is 1.00 bits per heavy atom. The molecule has 3 aliphatic heterocycles. The topological polar surface area (TPSA) is 188 Å². The van der Waals surface area contributed by atoms with Crippen LogP contribution in [0.25, 0.3) is 0 Å². The number of benzene rings is 1. The van der Waals surface area contributed by atoms with Gasteiger partial charge in [-0.15, -0.1) is 0 Å². The van der Waals surface area contributed by atoms with Crippen molar-refractivity contribution in [1.29, 1.82) is 0 Å². The molecule has 3 heterocycles. The summed E-state index contributed by atoms with van der Waals surface area (Å²) in [6.07, 6.45) is -7.25. The third kappa shape index (κ3) is 3.76. The highest BCUT2D eigenvalue weighted by atomic mass is 16.8. The van der Waals surface area contributed by atoms with Crippen molar-refractivity contribution in [1.82, 2.24) is 0 Å². The monoisotopic (exact) mass is 482 g/mol. The third-order valence-electron chi connectivity index (χ3n) is 6.93. The molecule has 1 aliphatic carbocycles. The summed E-state index contributed by atoms with van der Waals surface area (Å²) in [4.78, 5) is 12.2. The highest BCUT2D eigenvalue weighted by Gasteiger charge is 2.75. The van der Waals surface area contributed by atoms with Gasteiger partial charge in [-0.25, -0.2) is 4.79 Å². The Bertz CT molecular complexity index is 936. The van der Waals surface area contributed by atoms with Crippen molar-refractivity contribution in [2.24, 2.45) is 11.8 Å². The zero-order valence-corrected chi connectivity index (χ0v) is 17.8. The van der Waals surface area contributed by atoms with Gasteiger partial charge in [0.15, 0.2) is 6.29 Å². The van der Waals surface area contributed by atoms with Crippen molar-refractivity contribution in [2.45, 2.75) is 54.8 Å². The molecule has 3 fully saturated rings. The number of hydrogen-bond acceptors (Lipinski definition) is 12. The molecule has 6 N–H and O–H groups in total. The molecule has 1 aromatic rings. The third-order valence-corrected chi connectivity index (χ3v) is 6.93. The molecule has 5 rings (SSSR count). The van der Waals surface area contributed by atoms with Gasteiger partial charge in [-0.2, -0.15) is 0 Å². The van der Waals surface area contributed by atoms with Crippen molar-refractivity contribution in [3.63, 3.8) is 0 Å². The van der Waals surface area contributed by atoms with Crippen molar-refractivity contribution in [3.8, 4) is 5.75 Å². The van der Waals surface area contributed by atoms with Crippen LogP contribution in [0.3, 0.4) is 0 Å². The first kappa shape index (κ1) is 23.5. The predicted molar refractivity (Wildman–Crippen MR) is 108 cm³/mol. The first-order valence-corrected chi connectivity index (χ1v) is 10.9. The number of hydrogen-bond donors (Lipinski definition) is 6. The van der Waals surface area contributed by atoms with Gasteiger partial charge in [-0.1, -0.05) is 0 Å². The Kier molecular flexibility index (Phi) is 6.02. The van der Waals surface area contributed by atoms with Crippen molar-refractivity contribution in [2.75, 3.05) is 13.2 Å². The first-order chi connectivity index (χ1) is 16.3. The van der Waals surface area contributed by atoms with Crippen LogP contribution in [0.1, 0.15) is 10.4 Å². The second-order valence-electron chi connectivity index (χ2n) is 8.87. The number of carbonyl (C=O) groups excluding carboxylic acids is 1. The SMILES string of the molecule is O=C(OC[C@H]1O[C@@H](O[C@@H]2OC=C[C@H]3[C@H](O)[C@@H]4O[C@]4(CO)[C@@H]23)[C@H](O)[C@@H](O)[C@@H]1O)c1ccc(O)cc1. The fraction of sp³-hybridized carbons (Fsp3) is 0.591. The molecular weight excluding hydrogens is 456 g/mol. The van der Waals surface area contributed by atoms with Gasteiger partial charge in [0.2, 0.25) is 6.29 Å². The van der Waals surface area contributed by atoms with Crippen LogP contribution < -0.4 is 0 Å². The molecule has 186 valence electrons. The molecule has 0 amide bonds. The summed E-state index contributed by atoms with van der Waals surface area (Å²) < 4.78 is 27.6. The summed E-state index contributed by atoms with van der Waals surface area (Å²) in [5, 5.41) is 60.7. The fourth-order valence-electron chi connectivity index (χ4n) is 5.00. The van der Waals surface area contributed by atoms with Gasteiger partial charge < -0.3 is 54.3 Å². The largest absolute Gasteiger partial charge is 0.508 e. The first-order valence-electron chi connectivity index (χ1n) is 10.9. The van der Waals surface area contributed by atoms with Gasteiger partial charge in [-0.3, -0.25) is 0 Å². The van der Waals surface area contributed by atoms with Crippen LogP contribution in [-0.4, -0.2) is 105 Å². The maximum Gasteiger partial charge on any atom is 0.338 e. The number of phenolic OH excluding ortho intramolecular Hbond substituents is 1. The number of aliphatic hydroxyl groups excluding tert-OH is 5. The van der Waals surface area contributed by atoms with E-state index in [4.69, 9.17) is 23.7 Å². The highest BCUT2D eigenvalue weighted by molar-refractivity contribution is 5.89. The summed E-state index contributed by atoms with van der Waals surface area (Å²) in [7, 11) is 0.